The van der Waals surface area contributed by atoms with Crippen molar-refractivity contribution in [1.82, 2.24) is 10.2 Å². The first kappa shape index (κ1) is 13.7. The van der Waals surface area contributed by atoms with Crippen LogP contribution in [-0.4, -0.2) is 42.0 Å². The van der Waals surface area contributed by atoms with E-state index in [0.29, 0.717) is 11.0 Å². The van der Waals surface area contributed by atoms with Crippen LogP contribution < -0.4 is 11.1 Å². The molecule has 18 heavy (non-hydrogen) atoms. The number of nitrogens with one attached hydrogen (secondary N) is 1. The highest BCUT2D eigenvalue weighted by atomic mass is 32.1. The standard InChI is InChI=1S/C13H23N3OS/c1-16-8-4-10(5-9-16)15-12(17)13(11(14)18)6-2-3-7-13/h10H,2-9H2,1H3,(H2,14,18)(H,15,17). The van der Waals surface area contributed by atoms with Crippen molar-refractivity contribution in [3.8, 4) is 0 Å². The van der Waals surface area contributed by atoms with Gasteiger partial charge in [-0.15, -0.1) is 0 Å². The van der Waals surface area contributed by atoms with E-state index in [-0.39, 0.29) is 5.91 Å². The van der Waals surface area contributed by atoms with Crippen molar-refractivity contribution in [3.63, 3.8) is 0 Å². The minimum atomic E-state index is -0.557. The number of likely N-dealkylation sites (tertiary alicyclic amines) is 1. The van der Waals surface area contributed by atoms with Gasteiger partial charge in [-0.3, -0.25) is 4.79 Å². The molecule has 1 aliphatic heterocycles. The number of carbonyl (C=O) groups is 1. The van der Waals surface area contributed by atoms with E-state index >= 15 is 0 Å². The molecule has 0 unspecified atom stereocenters. The number of hydrogen-bond donors (Lipinski definition) is 2. The fourth-order valence-corrected chi connectivity index (χ4v) is 3.34. The van der Waals surface area contributed by atoms with Gasteiger partial charge in [0.1, 0.15) is 0 Å². The van der Waals surface area contributed by atoms with Crippen molar-refractivity contribution >= 4 is 23.1 Å². The Morgan fingerprint density at radius 2 is 1.89 bits per heavy atom. The molecule has 0 radical (unpaired) electrons. The second-order valence-corrected chi connectivity index (χ2v) is 6.14. The third-order valence-electron chi connectivity index (χ3n) is 4.42. The lowest BCUT2D eigenvalue weighted by Gasteiger charge is -2.33. The summed E-state index contributed by atoms with van der Waals surface area (Å²) >= 11 is 5.14. The van der Waals surface area contributed by atoms with Crippen LogP contribution in [0.15, 0.2) is 0 Å². The van der Waals surface area contributed by atoms with E-state index in [0.717, 1.165) is 51.6 Å². The third-order valence-corrected chi connectivity index (χ3v) is 4.81. The maximum Gasteiger partial charge on any atom is 0.233 e. The smallest absolute Gasteiger partial charge is 0.233 e. The largest absolute Gasteiger partial charge is 0.392 e. The van der Waals surface area contributed by atoms with Crippen LogP contribution in [0.5, 0.6) is 0 Å². The first-order chi connectivity index (χ1) is 8.54. The average molecular weight is 269 g/mol. The van der Waals surface area contributed by atoms with Gasteiger partial charge >= 0.3 is 0 Å². The van der Waals surface area contributed by atoms with Gasteiger partial charge in [-0.25, -0.2) is 0 Å². The van der Waals surface area contributed by atoms with Crippen molar-refractivity contribution in [2.45, 2.75) is 44.6 Å². The molecule has 1 aliphatic carbocycles. The molecular weight excluding hydrogens is 246 g/mol. The van der Waals surface area contributed by atoms with Gasteiger partial charge in [0, 0.05) is 6.04 Å². The lowest BCUT2D eigenvalue weighted by atomic mass is 9.84. The van der Waals surface area contributed by atoms with Crippen molar-refractivity contribution < 1.29 is 4.79 Å². The Labute approximate surface area is 114 Å². The fraction of sp³-hybridized carbons (Fsp3) is 0.846. The van der Waals surface area contributed by atoms with Crippen LogP contribution in [0.3, 0.4) is 0 Å². The Hall–Kier alpha value is -0.680. The van der Waals surface area contributed by atoms with Gasteiger partial charge in [0.25, 0.3) is 0 Å². The topological polar surface area (TPSA) is 58.4 Å². The number of hydrogen-bond acceptors (Lipinski definition) is 3. The van der Waals surface area contributed by atoms with Crippen LogP contribution in [0.4, 0.5) is 0 Å². The summed E-state index contributed by atoms with van der Waals surface area (Å²) in [5, 5.41) is 3.17. The van der Waals surface area contributed by atoms with E-state index in [4.69, 9.17) is 18.0 Å². The predicted molar refractivity (Wildman–Crippen MR) is 76.3 cm³/mol. The van der Waals surface area contributed by atoms with E-state index in [1.165, 1.54) is 0 Å². The molecule has 2 fully saturated rings. The third kappa shape index (κ3) is 2.67. The Morgan fingerprint density at radius 1 is 1.33 bits per heavy atom. The van der Waals surface area contributed by atoms with Gasteiger partial charge in [-0.1, -0.05) is 25.1 Å². The molecule has 2 aliphatic rings. The van der Waals surface area contributed by atoms with Crippen molar-refractivity contribution in [2.24, 2.45) is 11.1 Å². The molecule has 0 aromatic carbocycles. The second-order valence-electron chi connectivity index (χ2n) is 5.70. The van der Waals surface area contributed by atoms with Gasteiger partial charge in [0.15, 0.2) is 0 Å². The Morgan fingerprint density at radius 3 is 2.39 bits per heavy atom. The minimum absolute atomic E-state index is 0.0713. The van der Waals surface area contributed by atoms with E-state index in [1.807, 2.05) is 0 Å². The fourth-order valence-electron chi connectivity index (χ4n) is 3.04. The molecule has 0 spiro atoms. The number of rotatable bonds is 3. The first-order valence-electron chi connectivity index (χ1n) is 6.84. The number of thiocarbonyl (C=S) groups is 1. The van der Waals surface area contributed by atoms with Gasteiger partial charge in [-0.2, -0.15) is 0 Å². The highest BCUT2D eigenvalue weighted by molar-refractivity contribution is 7.80. The predicted octanol–water partition coefficient (Wildman–Crippen LogP) is 1.04. The van der Waals surface area contributed by atoms with Crippen LogP contribution in [0.1, 0.15) is 38.5 Å². The van der Waals surface area contributed by atoms with Crippen LogP contribution >= 0.6 is 12.2 Å². The van der Waals surface area contributed by atoms with Crippen LogP contribution in [0, 0.1) is 5.41 Å². The molecule has 1 saturated heterocycles. The quantitative estimate of drug-likeness (QED) is 0.752. The van der Waals surface area contributed by atoms with E-state index in [2.05, 4.69) is 17.3 Å². The number of piperidine rings is 1. The highest BCUT2D eigenvalue weighted by Crippen LogP contribution is 2.39. The maximum atomic E-state index is 12.5. The monoisotopic (exact) mass is 269 g/mol. The molecule has 1 saturated carbocycles. The Kier molecular flexibility index (Phi) is 4.22. The summed E-state index contributed by atoms with van der Waals surface area (Å²) in [5.41, 5.74) is 5.27. The zero-order chi connectivity index (χ0) is 13.2. The summed E-state index contributed by atoms with van der Waals surface area (Å²) in [6.45, 7) is 2.09. The molecule has 0 aromatic rings. The number of nitrogens with zero attached hydrogens (tertiary/aromatic N) is 1. The van der Waals surface area contributed by atoms with Crippen LogP contribution in [0.25, 0.3) is 0 Å². The summed E-state index contributed by atoms with van der Waals surface area (Å²) in [7, 11) is 2.12. The minimum Gasteiger partial charge on any atom is -0.392 e. The number of carbonyl (C=O) groups excluding carboxylic acids is 1. The lowest BCUT2D eigenvalue weighted by Crippen LogP contribution is -2.52. The van der Waals surface area contributed by atoms with Crippen LogP contribution in [-0.2, 0) is 4.79 Å². The van der Waals surface area contributed by atoms with Gasteiger partial charge < -0.3 is 16.0 Å². The molecule has 0 aromatic heterocycles. The van der Waals surface area contributed by atoms with Gasteiger partial charge in [0.2, 0.25) is 5.91 Å². The number of nitrogens with two attached hydrogens (primary N) is 1. The zero-order valence-electron chi connectivity index (χ0n) is 11.1. The van der Waals surface area contributed by atoms with Crippen LogP contribution in [0.2, 0.25) is 0 Å². The molecule has 5 heteroatoms. The van der Waals surface area contributed by atoms with Gasteiger partial charge in [0.05, 0.1) is 10.4 Å². The highest BCUT2D eigenvalue weighted by Gasteiger charge is 2.44. The lowest BCUT2D eigenvalue weighted by molar-refractivity contribution is -0.128. The van der Waals surface area contributed by atoms with Crippen molar-refractivity contribution in [2.75, 3.05) is 20.1 Å². The molecule has 3 N–H and O–H groups in total. The molecular formula is C13H23N3OS. The van der Waals surface area contributed by atoms with E-state index < -0.39 is 5.41 Å². The molecule has 102 valence electrons. The normalized spacial score (nSPS) is 24.9. The molecule has 0 atom stereocenters. The molecule has 1 heterocycles. The summed E-state index contributed by atoms with van der Waals surface area (Å²) in [6, 6.07) is 0.292. The van der Waals surface area contributed by atoms with E-state index in [1.54, 1.807) is 0 Å². The Bertz CT molecular complexity index is 331. The summed E-state index contributed by atoms with van der Waals surface area (Å²) in [6.07, 6.45) is 5.79. The maximum absolute atomic E-state index is 12.5. The molecule has 0 bridgehead atoms. The Balaban J connectivity index is 1.96. The SMILES string of the molecule is CN1CCC(NC(=O)C2(C(N)=S)CCCC2)CC1. The van der Waals surface area contributed by atoms with E-state index in [9.17, 15) is 4.79 Å². The number of amides is 1. The summed E-state index contributed by atoms with van der Waals surface area (Å²) in [4.78, 5) is 15.1. The zero-order valence-corrected chi connectivity index (χ0v) is 11.9. The van der Waals surface area contributed by atoms with Gasteiger partial charge in [-0.05, 0) is 45.8 Å². The molecule has 2 rings (SSSR count). The second kappa shape index (κ2) is 5.53. The van der Waals surface area contributed by atoms with Crippen molar-refractivity contribution in [1.29, 1.82) is 0 Å². The molecule has 4 nitrogen and oxygen atoms in total. The summed E-state index contributed by atoms with van der Waals surface area (Å²) < 4.78 is 0. The first-order valence-corrected chi connectivity index (χ1v) is 7.25. The van der Waals surface area contributed by atoms with Crippen molar-refractivity contribution in [3.05, 3.63) is 0 Å². The molecule has 1 amide bonds. The average Bonchev–Trinajstić information content (AvgIpc) is 2.82. The summed E-state index contributed by atoms with van der Waals surface area (Å²) in [5.74, 6) is 0.0713.